The highest BCUT2D eigenvalue weighted by atomic mass is 32.2. The van der Waals surface area contributed by atoms with Crippen LogP contribution in [0.4, 0.5) is 5.82 Å². The Balaban J connectivity index is 1.64. The molecule has 142 valence electrons. The van der Waals surface area contributed by atoms with Gasteiger partial charge in [0.25, 0.3) is 15.9 Å². The first-order valence-corrected chi connectivity index (χ1v) is 10.7. The molecule has 0 atom stereocenters. The van der Waals surface area contributed by atoms with E-state index in [0.29, 0.717) is 15.6 Å². The number of nitrogens with one attached hydrogen (secondary N) is 1. The minimum absolute atomic E-state index is 0.162. The van der Waals surface area contributed by atoms with E-state index >= 15 is 0 Å². The van der Waals surface area contributed by atoms with Crippen molar-refractivity contribution in [3.8, 4) is 22.2 Å². The molecule has 0 radical (unpaired) electrons. The number of pyridine rings is 1. The number of hydrogen-bond donors (Lipinski definition) is 1. The summed E-state index contributed by atoms with van der Waals surface area (Å²) in [5.74, 6) is 1.01. The smallest absolute Gasteiger partial charge is 0.268 e. The molecule has 3 heterocycles. The van der Waals surface area contributed by atoms with Crippen molar-refractivity contribution in [2.75, 3.05) is 4.72 Å². The van der Waals surface area contributed by atoms with Crippen molar-refractivity contribution in [3.05, 3.63) is 65.2 Å². The molecule has 4 aromatic rings. The zero-order valence-corrected chi connectivity index (χ0v) is 16.7. The Kier molecular flexibility index (Phi) is 4.70. The number of sulfonamides is 1. The molecule has 9 heteroatoms. The third kappa shape index (κ3) is 3.67. The molecule has 0 bridgehead atoms. The van der Waals surface area contributed by atoms with E-state index in [2.05, 4.69) is 19.8 Å². The van der Waals surface area contributed by atoms with Gasteiger partial charge in [0.2, 0.25) is 5.82 Å². The number of benzene rings is 1. The summed E-state index contributed by atoms with van der Waals surface area (Å²) >= 11 is 1.28. The Labute approximate surface area is 166 Å². The predicted molar refractivity (Wildman–Crippen MR) is 108 cm³/mol. The predicted octanol–water partition coefficient (Wildman–Crippen LogP) is 4.28. The maximum Gasteiger partial charge on any atom is 0.268 e. The maximum atomic E-state index is 12.8. The normalized spacial score (nSPS) is 11.5. The van der Waals surface area contributed by atoms with Crippen LogP contribution in [0.25, 0.3) is 22.2 Å². The van der Waals surface area contributed by atoms with Crippen LogP contribution in [0.15, 0.2) is 64.1 Å². The Hall–Kier alpha value is -3.04. The molecule has 0 fully saturated rings. The lowest BCUT2D eigenvalue weighted by molar-refractivity contribution is 0.433. The average molecular weight is 412 g/mol. The van der Waals surface area contributed by atoms with Crippen molar-refractivity contribution >= 4 is 27.2 Å². The van der Waals surface area contributed by atoms with Gasteiger partial charge in [0.1, 0.15) is 10.7 Å². The standard InChI is InChI=1S/C19H16N4O3S2/c1-12-8-9-20-17(10-12)23-28(24,25)16-11-15(27-13(16)2)19-21-18(22-26-19)14-6-4-3-5-7-14/h3-11H,1-2H3,(H,20,23). The topological polar surface area (TPSA) is 98.0 Å². The number of aromatic nitrogens is 3. The van der Waals surface area contributed by atoms with Crippen molar-refractivity contribution in [2.24, 2.45) is 0 Å². The van der Waals surface area contributed by atoms with E-state index in [1.807, 2.05) is 37.3 Å². The molecular formula is C19H16N4O3S2. The van der Waals surface area contributed by atoms with Gasteiger partial charge in [-0.05, 0) is 37.6 Å². The maximum absolute atomic E-state index is 12.8. The zero-order chi connectivity index (χ0) is 19.7. The van der Waals surface area contributed by atoms with E-state index in [0.717, 1.165) is 11.1 Å². The second kappa shape index (κ2) is 7.17. The summed E-state index contributed by atoms with van der Waals surface area (Å²) in [6.45, 7) is 3.61. The molecule has 3 aromatic heterocycles. The highest BCUT2D eigenvalue weighted by Crippen LogP contribution is 2.34. The monoisotopic (exact) mass is 412 g/mol. The van der Waals surface area contributed by atoms with Gasteiger partial charge in [-0.2, -0.15) is 4.98 Å². The third-order valence-corrected chi connectivity index (χ3v) is 6.63. The molecule has 1 aromatic carbocycles. The first-order valence-electron chi connectivity index (χ1n) is 8.38. The van der Waals surface area contributed by atoms with Gasteiger partial charge in [-0.3, -0.25) is 4.72 Å². The molecule has 0 unspecified atom stereocenters. The van der Waals surface area contributed by atoms with Crippen LogP contribution in [0.5, 0.6) is 0 Å². The molecule has 4 rings (SSSR count). The summed E-state index contributed by atoms with van der Waals surface area (Å²) in [5.41, 5.74) is 1.74. The number of rotatable bonds is 5. The van der Waals surface area contributed by atoms with Crippen molar-refractivity contribution in [1.82, 2.24) is 15.1 Å². The van der Waals surface area contributed by atoms with Gasteiger partial charge in [0, 0.05) is 16.6 Å². The third-order valence-electron chi connectivity index (χ3n) is 3.98. The second-order valence-corrected chi connectivity index (χ2v) is 9.05. The van der Waals surface area contributed by atoms with E-state index in [9.17, 15) is 8.42 Å². The molecule has 0 amide bonds. The molecule has 0 aliphatic carbocycles. The quantitative estimate of drug-likeness (QED) is 0.525. The molecule has 0 saturated carbocycles. The number of aryl methyl sites for hydroxylation is 2. The van der Waals surface area contributed by atoms with Gasteiger partial charge in [0.05, 0.1) is 4.88 Å². The van der Waals surface area contributed by atoms with Gasteiger partial charge in [-0.15, -0.1) is 11.3 Å². The van der Waals surface area contributed by atoms with Crippen LogP contribution in [0.3, 0.4) is 0 Å². The largest absolute Gasteiger partial charge is 0.333 e. The van der Waals surface area contributed by atoms with E-state index in [1.165, 1.54) is 11.3 Å². The fourth-order valence-corrected chi connectivity index (χ4v) is 5.16. The average Bonchev–Trinajstić information content (AvgIpc) is 3.29. The van der Waals surface area contributed by atoms with E-state index in [-0.39, 0.29) is 16.6 Å². The number of thiophene rings is 1. The number of anilines is 1. The molecule has 0 aliphatic heterocycles. The van der Waals surface area contributed by atoms with Crippen LogP contribution in [-0.4, -0.2) is 23.5 Å². The first kappa shape index (κ1) is 18.3. The molecule has 0 spiro atoms. The molecular weight excluding hydrogens is 396 g/mol. The summed E-state index contributed by atoms with van der Waals surface area (Å²) < 4.78 is 33.4. The van der Waals surface area contributed by atoms with Crippen LogP contribution in [0, 0.1) is 13.8 Å². The summed E-state index contributed by atoms with van der Waals surface area (Å²) in [4.78, 5) is 9.81. The van der Waals surface area contributed by atoms with Gasteiger partial charge in [0.15, 0.2) is 0 Å². The van der Waals surface area contributed by atoms with Crippen molar-refractivity contribution in [1.29, 1.82) is 0 Å². The van der Waals surface area contributed by atoms with E-state index < -0.39 is 10.0 Å². The minimum Gasteiger partial charge on any atom is -0.333 e. The molecule has 0 aliphatic rings. The zero-order valence-electron chi connectivity index (χ0n) is 15.1. The summed E-state index contributed by atoms with van der Waals surface area (Å²) in [5, 5.41) is 3.99. The summed E-state index contributed by atoms with van der Waals surface area (Å²) in [6.07, 6.45) is 1.56. The number of hydrogen-bond acceptors (Lipinski definition) is 7. The molecule has 7 nitrogen and oxygen atoms in total. The number of nitrogens with zero attached hydrogens (tertiary/aromatic N) is 3. The van der Waals surface area contributed by atoms with E-state index in [4.69, 9.17) is 4.52 Å². The first-order chi connectivity index (χ1) is 13.4. The van der Waals surface area contributed by atoms with Crippen molar-refractivity contribution in [2.45, 2.75) is 18.7 Å². The fourth-order valence-electron chi connectivity index (χ4n) is 2.65. The fraction of sp³-hybridized carbons (Fsp3) is 0.105. The highest BCUT2D eigenvalue weighted by Gasteiger charge is 2.23. The van der Waals surface area contributed by atoms with Crippen LogP contribution in [0.1, 0.15) is 10.4 Å². The van der Waals surface area contributed by atoms with Crippen LogP contribution in [-0.2, 0) is 10.0 Å². The van der Waals surface area contributed by atoms with Crippen molar-refractivity contribution < 1.29 is 12.9 Å². The lowest BCUT2D eigenvalue weighted by atomic mass is 10.2. The second-order valence-electron chi connectivity index (χ2n) is 6.14. The highest BCUT2D eigenvalue weighted by molar-refractivity contribution is 7.93. The SMILES string of the molecule is Cc1ccnc(NS(=O)(=O)c2cc(-c3nc(-c4ccccc4)no3)sc2C)c1. The van der Waals surface area contributed by atoms with Gasteiger partial charge >= 0.3 is 0 Å². The molecule has 1 N–H and O–H groups in total. The lowest BCUT2D eigenvalue weighted by Crippen LogP contribution is -2.14. The van der Waals surface area contributed by atoms with Gasteiger partial charge in [-0.25, -0.2) is 13.4 Å². The minimum atomic E-state index is -3.79. The van der Waals surface area contributed by atoms with Crippen LogP contribution < -0.4 is 4.72 Å². The molecule has 0 saturated heterocycles. The van der Waals surface area contributed by atoms with Crippen LogP contribution in [0.2, 0.25) is 0 Å². The van der Waals surface area contributed by atoms with Crippen molar-refractivity contribution in [3.63, 3.8) is 0 Å². The Morgan fingerprint density at radius 2 is 1.86 bits per heavy atom. The van der Waals surface area contributed by atoms with E-state index in [1.54, 1.807) is 31.3 Å². The summed E-state index contributed by atoms with van der Waals surface area (Å²) in [7, 11) is -3.79. The van der Waals surface area contributed by atoms with Gasteiger partial charge < -0.3 is 4.52 Å². The Morgan fingerprint density at radius 3 is 2.61 bits per heavy atom. The Morgan fingerprint density at radius 1 is 1.07 bits per heavy atom. The summed E-state index contributed by atoms with van der Waals surface area (Å²) in [6, 6.07) is 14.4. The molecule has 28 heavy (non-hydrogen) atoms. The Bertz CT molecular complexity index is 1230. The van der Waals surface area contributed by atoms with Crippen LogP contribution >= 0.6 is 11.3 Å². The van der Waals surface area contributed by atoms with Gasteiger partial charge in [-0.1, -0.05) is 35.5 Å². The lowest BCUT2D eigenvalue weighted by Gasteiger charge is -2.07.